The fourth-order valence-electron chi connectivity index (χ4n) is 5.46. The van der Waals surface area contributed by atoms with Crippen molar-refractivity contribution in [3.63, 3.8) is 0 Å². The third kappa shape index (κ3) is 8.94. The maximum atomic E-state index is 15.0. The van der Waals surface area contributed by atoms with Gasteiger partial charge in [0.15, 0.2) is 11.6 Å². The highest BCUT2D eigenvalue weighted by molar-refractivity contribution is 6.31. The van der Waals surface area contributed by atoms with Gasteiger partial charge in [0.2, 0.25) is 5.91 Å². The fourth-order valence-corrected chi connectivity index (χ4v) is 5.63. The van der Waals surface area contributed by atoms with Crippen molar-refractivity contribution in [2.45, 2.75) is 50.9 Å². The number of rotatable bonds is 9. The van der Waals surface area contributed by atoms with Crippen molar-refractivity contribution < 1.29 is 41.4 Å². The molecule has 1 heterocycles. The number of piperazine rings is 1. The van der Waals surface area contributed by atoms with E-state index in [9.17, 15) is 31.9 Å². The van der Waals surface area contributed by atoms with Crippen molar-refractivity contribution in [3.05, 3.63) is 58.1 Å². The molecule has 1 saturated carbocycles. The molecule has 15 heteroatoms. The summed E-state index contributed by atoms with van der Waals surface area (Å²) in [7, 11) is 0. The second-order valence-electron chi connectivity index (χ2n) is 10.9. The summed E-state index contributed by atoms with van der Waals surface area (Å²) in [5, 5.41) is 16.7. The van der Waals surface area contributed by atoms with Crippen molar-refractivity contribution in [2.75, 3.05) is 42.9 Å². The van der Waals surface area contributed by atoms with Crippen LogP contribution in [-0.4, -0.2) is 72.9 Å². The van der Waals surface area contributed by atoms with Gasteiger partial charge in [0.05, 0.1) is 23.4 Å². The van der Waals surface area contributed by atoms with E-state index in [2.05, 4.69) is 16.0 Å². The number of carbonyl (C=O) groups excluding carboxylic acids is 2. The first-order valence-electron chi connectivity index (χ1n) is 14.2. The van der Waals surface area contributed by atoms with Gasteiger partial charge >= 0.3 is 12.3 Å². The summed E-state index contributed by atoms with van der Waals surface area (Å²) in [6.07, 6.45) is -4.39. The molecule has 44 heavy (non-hydrogen) atoms. The number of nitrogens with one attached hydrogen (secondary N) is 3. The van der Waals surface area contributed by atoms with Crippen LogP contribution in [0.2, 0.25) is 5.02 Å². The Kier molecular flexibility index (Phi) is 10.9. The van der Waals surface area contributed by atoms with Crippen molar-refractivity contribution in [3.8, 4) is 0 Å². The Balaban J connectivity index is 1.36. The van der Waals surface area contributed by atoms with Crippen LogP contribution in [0.15, 0.2) is 30.3 Å². The van der Waals surface area contributed by atoms with Gasteiger partial charge in [-0.15, -0.1) is 0 Å². The van der Waals surface area contributed by atoms with Crippen LogP contribution in [0.1, 0.15) is 48.0 Å². The van der Waals surface area contributed by atoms with E-state index in [1.165, 1.54) is 18.2 Å². The zero-order valence-corrected chi connectivity index (χ0v) is 24.4. The molecule has 1 aliphatic heterocycles. The predicted octanol–water partition coefficient (Wildman–Crippen LogP) is 5.39. The third-order valence-corrected chi connectivity index (χ3v) is 8.15. The average Bonchev–Trinajstić information content (AvgIpc) is 2.97. The summed E-state index contributed by atoms with van der Waals surface area (Å²) in [6.45, 7) is 1.03. The van der Waals surface area contributed by atoms with E-state index < -0.39 is 41.8 Å². The van der Waals surface area contributed by atoms with Crippen LogP contribution in [0.4, 0.5) is 38.1 Å². The van der Waals surface area contributed by atoms with E-state index in [0.29, 0.717) is 62.6 Å². The summed E-state index contributed by atoms with van der Waals surface area (Å²) in [5.41, 5.74) is 0.0609. The van der Waals surface area contributed by atoms with Gasteiger partial charge in [-0.3, -0.25) is 14.5 Å². The maximum Gasteiger partial charge on any atom is 0.404 e. The zero-order valence-electron chi connectivity index (χ0n) is 23.7. The van der Waals surface area contributed by atoms with Crippen LogP contribution in [0.25, 0.3) is 0 Å². The average molecular weight is 646 g/mol. The van der Waals surface area contributed by atoms with Gasteiger partial charge in [-0.25, -0.2) is 13.6 Å². The molecule has 1 aliphatic carbocycles. The monoisotopic (exact) mass is 645 g/mol. The zero-order chi connectivity index (χ0) is 32.0. The minimum atomic E-state index is -4.24. The first-order chi connectivity index (χ1) is 20.8. The molecule has 2 aromatic carbocycles. The highest BCUT2D eigenvalue weighted by Crippen LogP contribution is 2.32. The number of carbonyl (C=O) groups is 3. The molecule has 0 bridgehead atoms. The number of anilines is 2. The number of alkyl halides is 3. The molecular weight excluding hydrogens is 613 g/mol. The smallest absolute Gasteiger partial charge is 0.404 e. The number of carboxylic acid groups (broad SMARTS) is 1. The van der Waals surface area contributed by atoms with Crippen LogP contribution in [-0.2, 0) is 11.3 Å². The molecule has 2 aliphatic rings. The van der Waals surface area contributed by atoms with Crippen LogP contribution >= 0.6 is 11.6 Å². The molecule has 2 aromatic rings. The normalized spacial score (nSPS) is 19.4. The Morgan fingerprint density at radius 1 is 0.955 bits per heavy atom. The minimum absolute atomic E-state index is 0.117. The van der Waals surface area contributed by atoms with Crippen molar-refractivity contribution in [2.24, 2.45) is 5.92 Å². The number of halogens is 6. The van der Waals surface area contributed by atoms with Crippen LogP contribution in [0.5, 0.6) is 0 Å². The van der Waals surface area contributed by atoms with Crippen LogP contribution in [0, 0.1) is 17.6 Å². The van der Waals surface area contributed by atoms with Crippen LogP contribution in [0.3, 0.4) is 0 Å². The van der Waals surface area contributed by atoms with Crippen molar-refractivity contribution in [1.29, 1.82) is 0 Å². The lowest BCUT2D eigenvalue weighted by Gasteiger charge is -2.37. The van der Waals surface area contributed by atoms with E-state index in [0.717, 1.165) is 6.07 Å². The summed E-state index contributed by atoms with van der Waals surface area (Å²) < 4.78 is 67.8. The first kappa shape index (κ1) is 33.2. The van der Waals surface area contributed by atoms with Crippen molar-refractivity contribution >= 4 is 40.9 Å². The molecule has 0 atom stereocenters. The SMILES string of the molecule is O=C(O)NC1CCC(C(=O)NCc2ccc(C(=O)Nc3ccc(Cl)cc3N3CCN(CCC(F)(F)F)CC3)c(F)c2F)CC1. The molecule has 3 amide bonds. The predicted molar refractivity (Wildman–Crippen MR) is 154 cm³/mol. The second-order valence-corrected chi connectivity index (χ2v) is 11.4. The standard InChI is InChI=1S/C29H33ClF5N5O4/c30-19-4-8-22(23(15-19)40-13-11-39(12-14-40)10-9-29(33,34)35)38-27(42)21-7-3-18(24(31)25(21)32)16-36-26(41)17-1-5-20(6-2-17)37-28(43)44/h3-4,7-8,15,17,20,37H,1-2,5-6,9-14,16H2,(H,36,41)(H,38,42)(H,43,44). The topological polar surface area (TPSA) is 114 Å². The molecule has 1 saturated heterocycles. The van der Waals surface area contributed by atoms with Gasteiger partial charge < -0.3 is 26.0 Å². The van der Waals surface area contributed by atoms with Gasteiger partial charge in [-0.2, -0.15) is 13.2 Å². The number of amides is 3. The summed E-state index contributed by atoms with van der Waals surface area (Å²) in [4.78, 5) is 39.9. The Bertz CT molecular complexity index is 1360. The molecule has 0 aromatic heterocycles. The van der Waals surface area contributed by atoms with E-state index >= 15 is 4.39 Å². The molecule has 9 nitrogen and oxygen atoms in total. The molecule has 0 unspecified atom stereocenters. The van der Waals surface area contributed by atoms with Gasteiger partial charge in [0.25, 0.3) is 5.91 Å². The lowest BCUT2D eigenvalue weighted by molar-refractivity contribution is -0.138. The third-order valence-electron chi connectivity index (χ3n) is 7.92. The Labute approximate surface area is 255 Å². The van der Waals surface area contributed by atoms with E-state index in [4.69, 9.17) is 16.7 Å². The highest BCUT2D eigenvalue weighted by atomic mass is 35.5. The summed E-state index contributed by atoms with van der Waals surface area (Å²) in [6, 6.07) is 6.71. The number of benzene rings is 2. The summed E-state index contributed by atoms with van der Waals surface area (Å²) >= 11 is 6.17. The highest BCUT2D eigenvalue weighted by Gasteiger charge is 2.30. The Hall–Kier alpha value is -3.65. The lowest BCUT2D eigenvalue weighted by Crippen LogP contribution is -2.47. The van der Waals surface area contributed by atoms with E-state index in [1.54, 1.807) is 11.0 Å². The Morgan fingerprint density at radius 3 is 2.27 bits per heavy atom. The molecule has 4 rings (SSSR count). The minimum Gasteiger partial charge on any atom is -0.465 e. The lowest BCUT2D eigenvalue weighted by atomic mass is 9.85. The number of hydrogen-bond acceptors (Lipinski definition) is 5. The van der Waals surface area contributed by atoms with Crippen molar-refractivity contribution in [1.82, 2.24) is 15.5 Å². The van der Waals surface area contributed by atoms with E-state index in [1.807, 2.05) is 4.90 Å². The van der Waals surface area contributed by atoms with Gasteiger partial charge in [-0.05, 0) is 49.9 Å². The number of hydrogen-bond donors (Lipinski definition) is 4. The summed E-state index contributed by atoms with van der Waals surface area (Å²) in [5.74, 6) is -4.31. The fraction of sp³-hybridized carbons (Fsp3) is 0.483. The largest absolute Gasteiger partial charge is 0.465 e. The van der Waals surface area contributed by atoms with Crippen LogP contribution < -0.4 is 20.9 Å². The Morgan fingerprint density at radius 2 is 1.64 bits per heavy atom. The molecule has 2 fully saturated rings. The van der Waals surface area contributed by atoms with Gasteiger partial charge in [-0.1, -0.05) is 17.7 Å². The molecule has 0 spiro atoms. The van der Waals surface area contributed by atoms with Gasteiger partial charge in [0.1, 0.15) is 0 Å². The number of nitrogens with zero attached hydrogens (tertiary/aromatic N) is 2. The second kappa shape index (κ2) is 14.4. The molecule has 0 radical (unpaired) electrons. The van der Waals surface area contributed by atoms with Gasteiger partial charge in [0, 0.05) is 61.8 Å². The quantitative estimate of drug-likeness (QED) is 0.272. The molecule has 240 valence electrons. The molecule has 4 N–H and O–H groups in total. The molecular formula is C29H33ClF5N5O4. The maximum absolute atomic E-state index is 15.0. The van der Waals surface area contributed by atoms with E-state index in [-0.39, 0.29) is 42.2 Å². The first-order valence-corrected chi connectivity index (χ1v) is 14.6.